The molecular formula is C18H20ClN5O. The summed E-state index contributed by atoms with van der Waals surface area (Å²) in [6.45, 7) is 4.56. The minimum absolute atomic E-state index is 0.161. The number of hydrogen-bond donors (Lipinski definition) is 1. The Hall–Kier alpha value is -2.60. The van der Waals surface area contributed by atoms with E-state index >= 15 is 0 Å². The van der Waals surface area contributed by atoms with Crippen molar-refractivity contribution < 1.29 is 4.79 Å². The predicted octanol–water partition coefficient (Wildman–Crippen LogP) is 3.68. The minimum Gasteiger partial charge on any atom is -0.307 e. The molecule has 2 aromatic heterocycles. The maximum atomic E-state index is 12.6. The van der Waals surface area contributed by atoms with Gasteiger partial charge in [0.15, 0.2) is 5.82 Å². The largest absolute Gasteiger partial charge is 0.307 e. The fourth-order valence-electron chi connectivity index (χ4n) is 2.68. The molecule has 1 N–H and O–H groups in total. The van der Waals surface area contributed by atoms with Gasteiger partial charge in [-0.15, -0.1) is 0 Å². The van der Waals surface area contributed by atoms with Gasteiger partial charge >= 0.3 is 0 Å². The lowest BCUT2D eigenvalue weighted by Crippen LogP contribution is -2.26. The van der Waals surface area contributed by atoms with Crippen LogP contribution in [0.2, 0.25) is 5.02 Å². The minimum atomic E-state index is -0.424. The molecule has 3 rings (SSSR count). The first kappa shape index (κ1) is 17.2. The van der Waals surface area contributed by atoms with Crippen molar-refractivity contribution in [3.8, 4) is 0 Å². The van der Waals surface area contributed by atoms with Gasteiger partial charge in [-0.3, -0.25) is 14.2 Å². The molecule has 7 heteroatoms. The van der Waals surface area contributed by atoms with E-state index in [9.17, 15) is 4.79 Å². The zero-order valence-electron chi connectivity index (χ0n) is 14.2. The van der Waals surface area contributed by atoms with Gasteiger partial charge in [-0.05, 0) is 18.9 Å². The van der Waals surface area contributed by atoms with Crippen LogP contribution in [0.15, 0.2) is 48.8 Å². The van der Waals surface area contributed by atoms with Crippen molar-refractivity contribution >= 4 is 23.3 Å². The van der Waals surface area contributed by atoms with E-state index < -0.39 is 6.04 Å². The first-order valence-electron chi connectivity index (χ1n) is 8.15. The Kier molecular flexibility index (Phi) is 5.19. The molecular weight excluding hydrogens is 338 g/mol. The Morgan fingerprint density at radius 3 is 2.72 bits per heavy atom. The summed E-state index contributed by atoms with van der Waals surface area (Å²) in [5.41, 5.74) is 2.14. The van der Waals surface area contributed by atoms with Gasteiger partial charge in [0, 0.05) is 18.0 Å². The molecule has 25 heavy (non-hydrogen) atoms. The summed E-state index contributed by atoms with van der Waals surface area (Å²) in [4.78, 5) is 12.6. The van der Waals surface area contributed by atoms with Crippen LogP contribution in [0.5, 0.6) is 0 Å². The number of rotatable bonds is 6. The molecule has 0 bridgehead atoms. The van der Waals surface area contributed by atoms with Gasteiger partial charge in [0.2, 0.25) is 5.91 Å². The zero-order chi connectivity index (χ0) is 17.8. The number of carbonyl (C=O) groups is 1. The first-order chi connectivity index (χ1) is 12.1. The second-order valence-electron chi connectivity index (χ2n) is 5.87. The molecule has 0 fully saturated rings. The molecule has 1 aromatic carbocycles. The zero-order valence-corrected chi connectivity index (χ0v) is 14.9. The maximum absolute atomic E-state index is 12.6. The number of anilines is 1. The van der Waals surface area contributed by atoms with Gasteiger partial charge in [0.25, 0.3) is 0 Å². The van der Waals surface area contributed by atoms with E-state index in [0.29, 0.717) is 23.8 Å². The second kappa shape index (κ2) is 7.53. The second-order valence-corrected chi connectivity index (χ2v) is 6.30. The van der Waals surface area contributed by atoms with Crippen molar-refractivity contribution in [3.63, 3.8) is 0 Å². The first-order valence-corrected chi connectivity index (χ1v) is 8.53. The van der Waals surface area contributed by atoms with Crippen molar-refractivity contribution in [2.45, 2.75) is 32.9 Å². The lowest BCUT2D eigenvalue weighted by atomic mass is 10.2. The molecule has 0 spiro atoms. The molecule has 6 nitrogen and oxygen atoms in total. The Morgan fingerprint density at radius 1 is 1.32 bits per heavy atom. The van der Waals surface area contributed by atoms with Gasteiger partial charge in [0.05, 0.1) is 17.8 Å². The maximum Gasteiger partial charge on any atom is 0.250 e. The molecule has 1 amide bonds. The lowest BCUT2D eigenvalue weighted by molar-refractivity contribution is -0.119. The van der Waals surface area contributed by atoms with E-state index in [0.717, 1.165) is 11.3 Å². The van der Waals surface area contributed by atoms with E-state index in [1.54, 1.807) is 10.9 Å². The summed E-state index contributed by atoms with van der Waals surface area (Å²) in [5.74, 6) is 0.377. The summed E-state index contributed by atoms with van der Waals surface area (Å²) in [5, 5.41) is 12.0. The SMILES string of the molecule is CCC(C(=O)Nc1cc(C)n(Cc2ccccc2)n1)n1cc(Cl)cn1. The topological polar surface area (TPSA) is 64.7 Å². The van der Waals surface area contributed by atoms with Crippen LogP contribution in [0, 0.1) is 6.92 Å². The average Bonchev–Trinajstić information content (AvgIpc) is 3.15. The number of aryl methyl sites for hydroxylation is 1. The standard InChI is InChI=1S/C18H20ClN5O/c1-3-16(24-12-15(19)10-20-24)18(25)21-17-9-13(2)23(22-17)11-14-7-5-4-6-8-14/h4-10,12,16H,3,11H2,1-2H3,(H,21,22,25). The van der Waals surface area contributed by atoms with E-state index in [-0.39, 0.29) is 5.91 Å². The number of nitrogens with one attached hydrogen (secondary N) is 1. The number of amides is 1. The van der Waals surface area contributed by atoms with Crippen LogP contribution in [-0.4, -0.2) is 25.5 Å². The van der Waals surface area contributed by atoms with Crippen LogP contribution >= 0.6 is 11.6 Å². The van der Waals surface area contributed by atoms with E-state index in [4.69, 9.17) is 11.6 Å². The molecule has 0 aliphatic heterocycles. The molecule has 1 atom stereocenters. The fourth-order valence-corrected chi connectivity index (χ4v) is 2.82. The smallest absolute Gasteiger partial charge is 0.250 e. The van der Waals surface area contributed by atoms with Crippen LogP contribution < -0.4 is 5.32 Å². The highest BCUT2D eigenvalue weighted by Gasteiger charge is 2.20. The number of benzene rings is 1. The van der Waals surface area contributed by atoms with Crippen molar-refractivity contribution in [2.24, 2.45) is 0 Å². The van der Waals surface area contributed by atoms with Crippen LogP contribution in [0.1, 0.15) is 30.6 Å². The van der Waals surface area contributed by atoms with E-state index in [1.807, 2.05) is 54.9 Å². The highest BCUT2D eigenvalue weighted by Crippen LogP contribution is 2.18. The molecule has 3 aromatic rings. The normalized spacial score (nSPS) is 12.1. The van der Waals surface area contributed by atoms with Gasteiger partial charge in [0.1, 0.15) is 6.04 Å². The number of hydrogen-bond acceptors (Lipinski definition) is 3. The highest BCUT2D eigenvalue weighted by atomic mass is 35.5. The number of nitrogens with zero attached hydrogens (tertiary/aromatic N) is 4. The molecule has 0 aliphatic carbocycles. The number of halogens is 1. The van der Waals surface area contributed by atoms with Crippen LogP contribution in [-0.2, 0) is 11.3 Å². The third kappa shape index (κ3) is 4.09. The summed E-state index contributed by atoms with van der Waals surface area (Å²) in [6.07, 6.45) is 3.78. The lowest BCUT2D eigenvalue weighted by Gasteiger charge is -2.14. The number of carbonyl (C=O) groups excluding carboxylic acids is 1. The Labute approximate surface area is 151 Å². The van der Waals surface area contributed by atoms with Crippen molar-refractivity contribution in [2.75, 3.05) is 5.32 Å². The van der Waals surface area contributed by atoms with Crippen LogP contribution in [0.3, 0.4) is 0 Å². The van der Waals surface area contributed by atoms with Crippen molar-refractivity contribution in [1.82, 2.24) is 19.6 Å². The average molecular weight is 358 g/mol. The molecule has 1 unspecified atom stereocenters. The summed E-state index contributed by atoms with van der Waals surface area (Å²) in [7, 11) is 0. The van der Waals surface area contributed by atoms with Gasteiger partial charge in [-0.25, -0.2) is 0 Å². The molecule has 0 saturated carbocycles. The van der Waals surface area contributed by atoms with Gasteiger partial charge in [-0.1, -0.05) is 48.9 Å². The molecule has 2 heterocycles. The summed E-state index contributed by atoms with van der Waals surface area (Å²) in [6, 6.07) is 11.5. The van der Waals surface area contributed by atoms with E-state index in [1.165, 1.54) is 6.20 Å². The summed E-state index contributed by atoms with van der Waals surface area (Å²) < 4.78 is 3.45. The Bertz CT molecular complexity index is 855. The van der Waals surface area contributed by atoms with Crippen LogP contribution in [0.25, 0.3) is 0 Å². The predicted molar refractivity (Wildman–Crippen MR) is 97.7 cm³/mol. The monoisotopic (exact) mass is 357 g/mol. The molecule has 0 radical (unpaired) electrons. The van der Waals surface area contributed by atoms with Crippen molar-refractivity contribution in [3.05, 3.63) is 65.1 Å². The van der Waals surface area contributed by atoms with Crippen molar-refractivity contribution in [1.29, 1.82) is 0 Å². The molecule has 130 valence electrons. The fraction of sp³-hybridized carbons (Fsp3) is 0.278. The summed E-state index contributed by atoms with van der Waals surface area (Å²) >= 11 is 5.90. The quantitative estimate of drug-likeness (QED) is 0.731. The third-order valence-electron chi connectivity index (χ3n) is 3.99. The van der Waals surface area contributed by atoms with Gasteiger partial charge < -0.3 is 5.32 Å². The molecule has 0 saturated heterocycles. The number of aromatic nitrogens is 4. The third-order valence-corrected chi connectivity index (χ3v) is 4.18. The van der Waals surface area contributed by atoms with Crippen LogP contribution in [0.4, 0.5) is 5.82 Å². The Balaban J connectivity index is 1.72. The van der Waals surface area contributed by atoms with E-state index in [2.05, 4.69) is 15.5 Å². The Morgan fingerprint density at radius 2 is 2.08 bits per heavy atom. The highest BCUT2D eigenvalue weighted by molar-refractivity contribution is 6.30. The van der Waals surface area contributed by atoms with Gasteiger partial charge in [-0.2, -0.15) is 10.2 Å². The molecule has 0 aliphatic rings.